The van der Waals surface area contributed by atoms with Crippen molar-refractivity contribution in [2.45, 2.75) is 50.2 Å². The molecule has 0 bridgehead atoms. The summed E-state index contributed by atoms with van der Waals surface area (Å²) in [4.78, 5) is 0. The van der Waals surface area contributed by atoms with E-state index >= 15 is 0 Å². The predicted octanol–water partition coefficient (Wildman–Crippen LogP) is 4.92. The Balaban J connectivity index is 1.68. The van der Waals surface area contributed by atoms with Gasteiger partial charge in [-0.2, -0.15) is 13.2 Å². The van der Waals surface area contributed by atoms with E-state index in [1.165, 1.54) is 12.1 Å². The molecule has 1 saturated heterocycles. The molecule has 3 rings (SSSR count). The summed E-state index contributed by atoms with van der Waals surface area (Å²) in [5, 5.41) is 0. The van der Waals surface area contributed by atoms with Gasteiger partial charge in [0.25, 0.3) is 0 Å². The number of hydrogen-bond donors (Lipinski definition) is 0. The zero-order valence-corrected chi connectivity index (χ0v) is 14.1. The van der Waals surface area contributed by atoms with E-state index in [1.54, 1.807) is 6.07 Å². The summed E-state index contributed by atoms with van der Waals surface area (Å²) in [7, 11) is 0. The molecule has 2 aliphatic rings. The van der Waals surface area contributed by atoms with Gasteiger partial charge in [-0.15, -0.1) is 0 Å². The molecule has 1 saturated carbocycles. The summed E-state index contributed by atoms with van der Waals surface area (Å²) in [5.74, 6) is -0.680. The van der Waals surface area contributed by atoms with Crippen LogP contribution >= 0.6 is 15.9 Å². The van der Waals surface area contributed by atoms with Gasteiger partial charge in [0.2, 0.25) is 0 Å². The third-order valence-corrected chi connectivity index (χ3v) is 4.93. The van der Waals surface area contributed by atoms with Crippen molar-refractivity contribution >= 4 is 15.9 Å². The quantitative estimate of drug-likeness (QED) is 0.712. The van der Waals surface area contributed by atoms with Crippen molar-refractivity contribution in [3.63, 3.8) is 0 Å². The topological polar surface area (TPSA) is 27.7 Å². The van der Waals surface area contributed by atoms with E-state index in [0.717, 1.165) is 6.42 Å². The highest BCUT2D eigenvalue weighted by molar-refractivity contribution is 9.10. The fourth-order valence-electron chi connectivity index (χ4n) is 3.11. The number of rotatable bonds is 2. The Morgan fingerprint density at radius 2 is 1.78 bits per heavy atom. The average Bonchev–Trinajstić information content (AvgIpc) is 2.49. The molecule has 1 heterocycles. The first-order valence-corrected chi connectivity index (χ1v) is 8.49. The van der Waals surface area contributed by atoms with Crippen LogP contribution in [0.15, 0.2) is 22.7 Å². The maximum atomic E-state index is 13.2. The largest absolute Gasteiger partial charge is 0.490 e. The normalized spacial score (nSPS) is 22.3. The number of ether oxygens (including phenoxy) is 3. The second kappa shape index (κ2) is 6.61. The molecule has 7 heteroatoms. The second-order valence-corrected chi connectivity index (χ2v) is 6.74. The monoisotopic (exact) mass is 394 g/mol. The molecule has 0 radical (unpaired) electrons. The molecule has 1 spiro atoms. The lowest BCUT2D eigenvalue weighted by atomic mass is 9.91. The van der Waals surface area contributed by atoms with E-state index < -0.39 is 17.5 Å². The third kappa shape index (κ3) is 3.83. The van der Waals surface area contributed by atoms with Crippen molar-refractivity contribution in [3.05, 3.63) is 28.2 Å². The van der Waals surface area contributed by atoms with E-state index in [1.807, 2.05) is 0 Å². The molecule has 0 aromatic heterocycles. The molecule has 1 aromatic rings. The molecule has 23 heavy (non-hydrogen) atoms. The Bertz CT molecular complexity index is 546. The molecule has 1 aliphatic carbocycles. The van der Waals surface area contributed by atoms with Crippen molar-refractivity contribution in [1.82, 2.24) is 0 Å². The maximum absolute atomic E-state index is 13.2. The Morgan fingerprint density at radius 1 is 1.13 bits per heavy atom. The molecule has 0 amide bonds. The van der Waals surface area contributed by atoms with Crippen LogP contribution < -0.4 is 4.74 Å². The lowest BCUT2D eigenvalue weighted by Crippen LogP contribution is -2.45. The van der Waals surface area contributed by atoms with Gasteiger partial charge in [0.15, 0.2) is 5.79 Å². The Labute approximate surface area is 141 Å². The highest BCUT2D eigenvalue weighted by Gasteiger charge is 2.41. The summed E-state index contributed by atoms with van der Waals surface area (Å²) in [6.07, 6.45) is -1.31. The SMILES string of the molecule is FC(F)(F)c1c(Br)cccc1OC1CCC2(CC1)OCCCO2. The van der Waals surface area contributed by atoms with Crippen LogP contribution in [-0.2, 0) is 15.7 Å². The van der Waals surface area contributed by atoms with Gasteiger partial charge < -0.3 is 14.2 Å². The fourth-order valence-corrected chi connectivity index (χ4v) is 3.68. The van der Waals surface area contributed by atoms with E-state index in [-0.39, 0.29) is 16.3 Å². The minimum absolute atomic E-state index is 0.00581. The molecular weight excluding hydrogens is 377 g/mol. The smallest absolute Gasteiger partial charge is 0.421 e. The Hall–Kier alpha value is -0.790. The van der Waals surface area contributed by atoms with Crippen LogP contribution in [0.1, 0.15) is 37.7 Å². The van der Waals surface area contributed by atoms with Crippen LogP contribution in [0.5, 0.6) is 5.75 Å². The fraction of sp³-hybridized carbons (Fsp3) is 0.625. The molecule has 2 fully saturated rings. The number of halogens is 4. The van der Waals surface area contributed by atoms with Gasteiger partial charge >= 0.3 is 6.18 Å². The number of hydrogen-bond acceptors (Lipinski definition) is 3. The van der Waals surface area contributed by atoms with Crippen LogP contribution in [0.25, 0.3) is 0 Å². The first-order valence-electron chi connectivity index (χ1n) is 7.70. The highest BCUT2D eigenvalue weighted by Crippen LogP contribution is 2.43. The van der Waals surface area contributed by atoms with Crippen LogP contribution in [0.4, 0.5) is 13.2 Å². The standard InChI is InChI=1S/C16H18BrF3O3/c17-12-3-1-4-13(14(12)16(18,19)20)23-11-5-7-15(8-6-11)21-9-2-10-22-15/h1,3-4,11H,2,5-10H2. The van der Waals surface area contributed by atoms with E-state index in [2.05, 4.69) is 15.9 Å². The van der Waals surface area contributed by atoms with Crippen LogP contribution in [-0.4, -0.2) is 25.1 Å². The Morgan fingerprint density at radius 3 is 2.39 bits per heavy atom. The molecule has 0 atom stereocenters. The predicted molar refractivity (Wildman–Crippen MR) is 81.3 cm³/mol. The molecule has 1 aliphatic heterocycles. The van der Waals surface area contributed by atoms with Crippen LogP contribution in [0.3, 0.4) is 0 Å². The zero-order valence-electron chi connectivity index (χ0n) is 12.5. The third-order valence-electron chi connectivity index (χ3n) is 4.27. The van der Waals surface area contributed by atoms with Gasteiger partial charge in [0, 0.05) is 17.3 Å². The van der Waals surface area contributed by atoms with Crippen molar-refractivity contribution < 1.29 is 27.4 Å². The maximum Gasteiger partial charge on any atom is 0.421 e. The Kier molecular flexibility index (Phi) is 4.90. The van der Waals surface area contributed by atoms with Crippen molar-refractivity contribution in [2.24, 2.45) is 0 Å². The van der Waals surface area contributed by atoms with Crippen molar-refractivity contribution in [1.29, 1.82) is 0 Å². The average molecular weight is 395 g/mol. The summed E-state index contributed by atoms with van der Waals surface area (Å²) in [6.45, 7) is 1.35. The van der Waals surface area contributed by atoms with Crippen LogP contribution in [0.2, 0.25) is 0 Å². The summed E-state index contributed by atoms with van der Waals surface area (Å²) < 4.78 is 56.7. The van der Waals surface area contributed by atoms with Gasteiger partial charge in [0.05, 0.1) is 19.3 Å². The van der Waals surface area contributed by atoms with Gasteiger partial charge in [0.1, 0.15) is 11.3 Å². The number of alkyl halides is 3. The molecule has 0 unspecified atom stereocenters. The molecule has 128 valence electrons. The molecule has 3 nitrogen and oxygen atoms in total. The minimum atomic E-state index is -4.46. The van der Waals surface area contributed by atoms with E-state index in [4.69, 9.17) is 14.2 Å². The highest BCUT2D eigenvalue weighted by atomic mass is 79.9. The molecule has 1 aromatic carbocycles. The van der Waals surface area contributed by atoms with Crippen LogP contribution in [0, 0.1) is 0 Å². The van der Waals surface area contributed by atoms with Crippen molar-refractivity contribution in [3.8, 4) is 5.75 Å². The molecular formula is C16H18BrF3O3. The van der Waals surface area contributed by atoms with E-state index in [0.29, 0.717) is 38.9 Å². The van der Waals surface area contributed by atoms with Crippen molar-refractivity contribution in [2.75, 3.05) is 13.2 Å². The van der Waals surface area contributed by atoms with Gasteiger partial charge in [-0.25, -0.2) is 0 Å². The molecule has 0 N–H and O–H groups in total. The number of benzene rings is 1. The lowest BCUT2D eigenvalue weighted by Gasteiger charge is -2.42. The van der Waals surface area contributed by atoms with E-state index in [9.17, 15) is 13.2 Å². The van der Waals surface area contributed by atoms with Gasteiger partial charge in [-0.3, -0.25) is 0 Å². The minimum Gasteiger partial charge on any atom is -0.490 e. The summed E-state index contributed by atoms with van der Waals surface area (Å²) >= 11 is 2.97. The first kappa shape index (κ1) is 17.0. The van der Waals surface area contributed by atoms with Gasteiger partial charge in [-0.1, -0.05) is 22.0 Å². The summed E-state index contributed by atoms with van der Waals surface area (Å²) in [5.41, 5.74) is -0.759. The van der Waals surface area contributed by atoms with Gasteiger partial charge in [-0.05, 0) is 31.4 Å². The lowest BCUT2D eigenvalue weighted by molar-refractivity contribution is -0.284. The zero-order chi connectivity index (χ0) is 16.5. The second-order valence-electron chi connectivity index (χ2n) is 5.89. The summed E-state index contributed by atoms with van der Waals surface area (Å²) in [6, 6.07) is 4.28. The first-order chi connectivity index (χ1) is 10.9.